The van der Waals surface area contributed by atoms with Gasteiger partial charge in [0.15, 0.2) is 0 Å². The lowest BCUT2D eigenvalue weighted by Gasteiger charge is -2.09. The molecule has 1 aromatic carbocycles. The maximum Gasteiger partial charge on any atom is 0.276 e. The average molecular weight is 258 g/mol. The number of rotatable bonds is 3. The van der Waals surface area contributed by atoms with Gasteiger partial charge in [-0.3, -0.25) is 10.1 Å². The molecule has 0 bridgehead atoms. The van der Waals surface area contributed by atoms with Crippen LogP contribution in [0.25, 0.3) is 0 Å². The number of hydrogen-bond acceptors (Lipinski definition) is 5. The number of nitrogens with zero attached hydrogens (tertiary/aromatic N) is 2. The third-order valence-corrected chi connectivity index (χ3v) is 2.69. The summed E-state index contributed by atoms with van der Waals surface area (Å²) in [5, 5.41) is 13.8. The number of nitrogen functional groups attached to an aromatic ring is 1. The molecule has 98 valence electrons. The summed E-state index contributed by atoms with van der Waals surface area (Å²) < 4.78 is 0. The first-order valence-corrected chi connectivity index (χ1v) is 5.72. The van der Waals surface area contributed by atoms with Crippen molar-refractivity contribution in [3.63, 3.8) is 0 Å². The summed E-state index contributed by atoms with van der Waals surface area (Å²) in [4.78, 5) is 14.3. The highest BCUT2D eigenvalue weighted by molar-refractivity contribution is 5.64. The van der Waals surface area contributed by atoms with E-state index in [9.17, 15) is 10.1 Å². The van der Waals surface area contributed by atoms with E-state index in [4.69, 9.17) is 5.73 Å². The molecule has 0 unspecified atom stereocenters. The fraction of sp³-hybridized carbons (Fsp3) is 0.154. The van der Waals surface area contributed by atoms with Gasteiger partial charge in [0.05, 0.1) is 17.1 Å². The van der Waals surface area contributed by atoms with Gasteiger partial charge < -0.3 is 11.1 Å². The summed E-state index contributed by atoms with van der Waals surface area (Å²) in [5.74, 6) is 0.472. The largest absolute Gasteiger partial charge is 0.383 e. The molecule has 0 aliphatic rings. The summed E-state index contributed by atoms with van der Waals surface area (Å²) in [6.07, 6.45) is 0. The van der Waals surface area contributed by atoms with Gasteiger partial charge in [0.25, 0.3) is 5.69 Å². The van der Waals surface area contributed by atoms with Crippen LogP contribution in [0.15, 0.2) is 30.3 Å². The molecule has 0 saturated carbocycles. The summed E-state index contributed by atoms with van der Waals surface area (Å²) in [6, 6.07) is 8.46. The van der Waals surface area contributed by atoms with E-state index >= 15 is 0 Å². The molecule has 3 N–H and O–H groups in total. The Morgan fingerprint density at radius 3 is 2.63 bits per heavy atom. The van der Waals surface area contributed by atoms with E-state index in [2.05, 4.69) is 10.3 Å². The van der Waals surface area contributed by atoms with Crippen LogP contribution in [0.4, 0.5) is 23.0 Å². The van der Waals surface area contributed by atoms with Crippen LogP contribution in [-0.2, 0) is 0 Å². The zero-order chi connectivity index (χ0) is 14.0. The molecule has 6 nitrogen and oxygen atoms in total. The van der Waals surface area contributed by atoms with E-state index in [1.165, 1.54) is 12.1 Å². The predicted octanol–water partition coefficient (Wildman–Crippen LogP) is 2.93. The van der Waals surface area contributed by atoms with Gasteiger partial charge in [-0.25, -0.2) is 4.98 Å². The zero-order valence-corrected chi connectivity index (χ0v) is 10.7. The molecule has 0 aliphatic heterocycles. The van der Waals surface area contributed by atoms with Crippen molar-refractivity contribution in [2.75, 3.05) is 11.1 Å². The van der Waals surface area contributed by atoms with Crippen LogP contribution in [0.5, 0.6) is 0 Å². The Morgan fingerprint density at radius 1 is 1.26 bits per heavy atom. The van der Waals surface area contributed by atoms with Gasteiger partial charge in [-0.2, -0.15) is 0 Å². The molecule has 0 fully saturated rings. The molecule has 6 heteroatoms. The lowest BCUT2D eigenvalue weighted by Crippen LogP contribution is -2.01. The van der Waals surface area contributed by atoms with Crippen molar-refractivity contribution in [1.82, 2.24) is 4.98 Å². The lowest BCUT2D eigenvalue weighted by molar-refractivity contribution is -0.384. The number of nitrogens with one attached hydrogen (secondary N) is 1. The molecule has 0 saturated heterocycles. The molecule has 2 aromatic rings. The average Bonchev–Trinajstić information content (AvgIpc) is 2.32. The quantitative estimate of drug-likeness (QED) is 0.652. The predicted molar refractivity (Wildman–Crippen MR) is 74.5 cm³/mol. The summed E-state index contributed by atoms with van der Waals surface area (Å²) in [7, 11) is 0. The van der Waals surface area contributed by atoms with E-state index in [-0.39, 0.29) is 11.5 Å². The van der Waals surface area contributed by atoms with E-state index < -0.39 is 4.92 Å². The molecule has 0 aliphatic carbocycles. The maximum atomic E-state index is 10.8. The van der Waals surface area contributed by atoms with Gasteiger partial charge in [-0.05, 0) is 25.5 Å². The number of anilines is 3. The first-order chi connectivity index (χ1) is 8.95. The molecule has 1 aromatic heterocycles. The molecule has 0 atom stereocenters. The first-order valence-electron chi connectivity index (χ1n) is 5.72. The van der Waals surface area contributed by atoms with Crippen LogP contribution in [0.1, 0.15) is 11.1 Å². The Bertz CT molecular complexity index is 641. The second kappa shape index (κ2) is 4.93. The SMILES string of the molecule is Cc1ccc(Nc2cc([N+](=O)[O-])cc(N)n2)c(C)c1. The summed E-state index contributed by atoms with van der Waals surface area (Å²) in [5.41, 5.74) is 8.50. The number of nitrogens with two attached hydrogens (primary N) is 1. The fourth-order valence-corrected chi connectivity index (χ4v) is 1.80. The Balaban J connectivity index is 2.35. The molecule has 19 heavy (non-hydrogen) atoms. The van der Waals surface area contributed by atoms with Crippen molar-refractivity contribution < 1.29 is 4.92 Å². The van der Waals surface area contributed by atoms with Crippen molar-refractivity contribution in [3.05, 3.63) is 51.6 Å². The van der Waals surface area contributed by atoms with Crippen molar-refractivity contribution in [2.45, 2.75) is 13.8 Å². The minimum atomic E-state index is -0.495. The van der Waals surface area contributed by atoms with Crippen LogP contribution in [0.2, 0.25) is 0 Å². The molecule has 0 amide bonds. The van der Waals surface area contributed by atoms with Gasteiger partial charge in [-0.15, -0.1) is 0 Å². The van der Waals surface area contributed by atoms with Gasteiger partial charge in [0.2, 0.25) is 0 Å². The molecule has 1 heterocycles. The van der Waals surface area contributed by atoms with Gasteiger partial charge in [0, 0.05) is 5.69 Å². The molecule has 0 spiro atoms. The second-order valence-corrected chi connectivity index (χ2v) is 4.34. The summed E-state index contributed by atoms with van der Waals surface area (Å²) in [6.45, 7) is 3.95. The van der Waals surface area contributed by atoms with Crippen LogP contribution in [0.3, 0.4) is 0 Å². The smallest absolute Gasteiger partial charge is 0.276 e. The maximum absolute atomic E-state index is 10.8. The van der Waals surface area contributed by atoms with E-state index in [1.807, 2.05) is 32.0 Å². The minimum absolute atomic E-state index is 0.0836. The second-order valence-electron chi connectivity index (χ2n) is 4.34. The van der Waals surface area contributed by atoms with Crippen LogP contribution >= 0.6 is 0 Å². The number of nitro groups is 1. The Labute approximate surface area is 110 Å². The normalized spacial score (nSPS) is 10.2. The fourth-order valence-electron chi connectivity index (χ4n) is 1.80. The molecule has 0 radical (unpaired) electrons. The van der Waals surface area contributed by atoms with Crippen LogP contribution in [-0.4, -0.2) is 9.91 Å². The summed E-state index contributed by atoms with van der Waals surface area (Å²) >= 11 is 0. The number of aromatic nitrogens is 1. The Hall–Kier alpha value is -2.63. The van der Waals surface area contributed by atoms with Crippen LogP contribution < -0.4 is 11.1 Å². The highest BCUT2D eigenvalue weighted by atomic mass is 16.6. The highest BCUT2D eigenvalue weighted by Gasteiger charge is 2.10. The molecular weight excluding hydrogens is 244 g/mol. The monoisotopic (exact) mass is 258 g/mol. The topological polar surface area (TPSA) is 94.1 Å². The van der Waals surface area contributed by atoms with Crippen molar-refractivity contribution in [2.24, 2.45) is 0 Å². The van der Waals surface area contributed by atoms with E-state index in [1.54, 1.807) is 0 Å². The first kappa shape index (κ1) is 12.8. The zero-order valence-electron chi connectivity index (χ0n) is 10.7. The van der Waals surface area contributed by atoms with Gasteiger partial charge in [0.1, 0.15) is 11.6 Å². The number of pyridine rings is 1. The number of aryl methyl sites for hydroxylation is 2. The lowest BCUT2D eigenvalue weighted by atomic mass is 10.1. The van der Waals surface area contributed by atoms with Crippen molar-refractivity contribution in [3.8, 4) is 0 Å². The Kier molecular flexibility index (Phi) is 3.33. The standard InChI is InChI=1S/C13H14N4O2/c1-8-3-4-11(9(2)5-8)15-13-7-10(17(18)19)6-12(14)16-13/h3-7H,1-2H3,(H3,14,15,16). The van der Waals surface area contributed by atoms with E-state index in [0.29, 0.717) is 5.82 Å². The van der Waals surface area contributed by atoms with Crippen molar-refractivity contribution in [1.29, 1.82) is 0 Å². The van der Waals surface area contributed by atoms with Gasteiger partial charge in [-0.1, -0.05) is 17.7 Å². The highest BCUT2D eigenvalue weighted by Crippen LogP contribution is 2.24. The van der Waals surface area contributed by atoms with E-state index in [0.717, 1.165) is 16.8 Å². The third-order valence-electron chi connectivity index (χ3n) is 2.69. The van der Waals surface area contributed by atoms with Crippen molar-refractivity contribution >= 4 is 23.0 Å². The minimum Gasteiger partial charge on any atom is -0.383 e. The number of hydrogen-bond donors (Lipinski definition) is 2. The molecule has 2 rings (SSSR count). The Morgan fingerprint density at radius 2 is 2.00 bits per heavy atom. The van der Waals surface area contributed by atoms with Gasteiger partial charge >= 0.3 is 0 Å². The molecular formula is C13H14N4O2. The van der Waals surface area contributed by atoms with Crippen LogP contribution in [0, 0.1) is 24.0 Å². The third kappa shape index (κ3) is 2.98. The number of benzene rings is 1.